The molecular weight excluding hydrogens is 276 g/mol. The molecule has 126 valence electrons. The van der Waals surface area contributed by atoms with Crippen LogP contribution in [-0.2, 0) is 14.3 Å². The first-order valence-corrected chi connectivity index (χ1v) is 8.68. The molecule has 1 fully saturated rings. The van der Waals surface area contributed by atoms with Gasteiger partial charge in [-0.3, -0.25) is 4.79 Å². The molecule has 3 heteroatoms. The minimum absolute atomic E-state index is 0.0800. The van der Waals surface area contributed by atoms with Crippen LogP contribution in [-0.4, -0.2) is 25.3 Å². The molecule has 1 aliphatic heterocycles. The zero-order chi connectivity index (χ0) is 16.2. The lowest BCUT2D eigenvalue weighted by atomic mass is 9.94. The van der Waals surface area contributed by atoms with Crippen molar-refractivity contribution in [3.8, 4) is 0 Å². The van der Waals surface area contributed by atoms with Gasteiger partial charge in [-0.25, -0.2) is 0 Å². The van der Waals surface area contributed by atoms with Crippen molar-refractivity contribution in [3.05, 3.63) is 23.8 Å². The Morgan fingerprint density at radius 2 is 2.09 bits per heavy atom. The van der Waals surface area contributed by atoms with E-state index >= 15 is 0 Å². The first-order chi connectivity index (χ1) is 10.6. The van der Waals surface area contributed by atoms with Crippen molar-refractivity contribution in [2.75, 3.05) is 13.2 Å². The molecule has 0 aliphatic carbocycles. The van der Waals surface area contributed by atoms with Crippen molar-refractivity contribution in [3.63, 3.8) is 0 Å². The average Bonchev–Trinajstić information content (AvgIpc) is 3.33. The van der Waals surface area contributed by atoms with Crippen LogP contribution in [0.3, 0.4) is 0 Å². The van der Waals surface area contributed by atoms with Crippen LogP contribution in [0.1, 0.15) is 65.7 Å². The lowest BCUT2D eigenvalue weighted by Gasteiger charge is -2.12. The van der Waals surface area contributed by atoms with Crippen molar-refractivity contribution < 1.29 is 14.3 Å². The first-order valence-electron chi connectivity index (χ1n) is 8.68. The molecule has 0 N–H and O–H groups in total. The largest absolute Gasteiger partial charge is 0.463 e. The number of carbonyl (C=O) groups is 1. The fourth-order valence-corrected chi connectivity index (χ4v) is 2.32. The Hall–Kier alpha value is -1.09. The number of esters is 1. The summed E-state index contributed by atoms with van der Waals surface area (Å²) in [5.74, 6) is 0.563. The number of allylic oxidation sites excluding steroid dienone is 4. The van der Waals surface area contributed by atoms with Crippen LogP contribution >= 0.6 is 0 Å². The van der Waals surface area contributed by atoms with Gasteiger partial charge in [0, 0.05) is 6.42 Å². The maximum absolute atomic E-state index is 11.5. The zero-order valence-corrected chi connectivity index (χ0v) is 14.5. The molecule has 2 atom stereocenters. The SMILES string of the molecule is C/C=C/CC/C=C(\C)C(C)CCCCCC(=O)OCC1CO1. The quantitative estimate of drug-likeness (QED) is 0.225. The highest BCUT2D eigenvalue weighted by Gasteiger charge is 2.23. The molecule has 0 aromatic rings. The van der Waals surface area contributed by atoms with E-state index in [-0.39, 0.29) is 12.1 Å². The molecule has 0 radical (unpaired) electrons. The van der Waals surface area contributed by atoms with E-state index in [9.17, 15) is 4.79 Å². The highest BCUT2D eigenvalue weighted by Crippen LogP contribution is 2.19. The monoisotopic (exact) mass is 308 g/mol. The number of unbranched alkanes of at least 4 members (excludes halogenated alkanes) is 3. The van der Waals surface area contributed by atoms with Gasteiger partial charge in [-0.2, -0.15) is 0 Å². The van der Waals surface area contributed by atoms with Crippen LogP contribution in [0.15, 0.2) is 23.8 Å². The van der Waals surface area contributed by atoms with E-state index in [0.717, 1.165) is 32.3 Å². The van der Waals surface area contributed by atoms with Crippen LogP contribution in [0.4, 0.5) is 0 Å². The summed E-state index contributed by atoms with van der Waals surface area (Å²) >= 11 is 0. The van der Waals surface area contributed by atoms with E-state index in [2.05, 4.69) is 39.0 Å². The number of carbonyl (C=O) groups excluding carboxylic acids is 1. The molecule has 1 rings (SSSR count). The van der Waals surface area contributed by atoms with Crippen LogP contribution in [0.5, 0.6) is 0 Å². The third kappa shape index (κ3) is 9.78. The van der Waals surface area contributed by atoms with Crippen molar-refractivity contribution in [1.29, 1.82) is 0 Å². The molecule has 22 heavy (non-hydrogen) atoms. The Morgan fingerprint density at radius 3 is 2.77 bits per heavy atom. The Bertz CT molecular complexity index is 367. The fourth-order valence-electron chi connectivity index (χ4n) is 2.32. The van der Waals surface area contributed by atoms with Crippen LogP contribution in [0.2, 0.25) is 0 Å². The van der Waals surface area contributed by atoms with E-state index < -0.39 is 0 Å². The highest BCUT2D eigenvalue weighted by atomic mass is 16.6. The maximum atomic E-state index is 11.5. The molecule has 0 spiro atoms. The second kappa shape index (κ2) is 11.5. The standard InChI is InChI=1S/C19H32O3/c1-4-5-6-8-11-16(2)17(3)12-9-7-10-13-19(20)22-15-18-14-21-18/h4-5,11,17-18H,6-10,12-15H2,1-3H3/b5-4+,16-11+. The lowest BCUT2D eigenvalue weighted by Crippen LogP contribution is -2.09. The number of hydrogen-bond donors (Lipinski definition) is 0. The minimum Gasteiger partial charge on any atom is -0.463 e. The van der Waals surface area contributed by atoms with Gasteiger partial charge in [0.25, 0.3) is 0 Å². The van der Waals surface area contributed by atoms with Crippen molar-refractivity contribution >= 4 is 5.97 Å². The Balaban J connectivity index is 1.98. The lowest BCUT2D eigenvalue weighted by molar-refractivity contribution is -0.144. The van der Waals surface area contributed by atoms with Gasteiger partial charge in [0.2, 0.25) is 0 Å². The molecule has 0 bridgehead atoms. The molecule has 1 saturated heterocycles. The number of ether oxygens (including phenoxy) is 2. The summed E-state index contributed by atoms with van der Waals surface area (Å²) in [5.41, 5.74) is 1.49. The fraction of sp³-hybridized carbons (Fsp3) is 0.737. The van der Waals surface area contributed by atoms with Gasteiger partial charge in [0.15, 0.2) is 0 Å². The summed E-state index contributed by atoms with van der Waals surface area (Å²) < 4.78 is 10.1. The predicted octanol–water partition coefficient (Wildman–Crippen LogP) is 4.82. The van der Waals surface area contributed by atoms with Crippen LogP contribution in [0.25, 0.3) is 0 Å². The van der Waals surface area contributed by atoms with Gasteiger partial charge in [0.1, 0.15) is 12.7 Å². The first kappa shape index (κ1) is 19.0. The summed E-state index contributed by atoms with van der Waals surface area (Å²) in [6, 6.07) is 0. The van der Waals surface area contributed by atoms with Gasteiger partial charge < -0.3 is 9.47 Å². The Labute approximate surface area is 135 Å². The predicted molar refractivity (Wildman–Crippen MR) is 90.8 cm³/mol. The molecular formula is C19H32O3. The van der Waals surface area contributed by atoms with E-state index in [1.165, 1.54) is 18.4 Å². The van der Waals surface area contributed by atoms with E-state index in [1.807, 2.05) is 0 Å². The third-order valence-electron chi connectivity index (χ3n) is 4.16. The molecule has 0 aromatic carbocycles. The second-order valence-corrected chi connectivity index (χ2v) is 6.23. The summed E-state index contributed by atoms with van der Waals surface area (Å²) in [6.45, 7) is 7.78. The molecule has 0 amide bonds. The Morgan fingerprint density at radius 1 is 1.32 bits per heavy atom. The number of epoxide rings is 1. The van der Waals surface area contributed by atoms with E-state index in [4.69, 9.17) is 9.47 Å². The van der Waals surface area contributed by atoms with Crippen LogP contribution < -0.4 is 0 Å². The smallest absolute Gasteiger partial charge is 0.305 e. The van der Waals surface area contributed by atoms with Crippen molar-refractivity contribution in [1.82, 2.24) is 0 Å². The summed E-state index contributed by atoms with van der Waals surface area (Å²) in [7, 11) is 0. The summed E-state index contributed by atoms with van der Waals surface area (Å²) in [5, 5.41) is 0. The normalized spacial score (nSPS) is 19.4. The third-order valence-corrected chi connectivity index (χ3v) is 4.16. The topological polar surface area (TPSA) is 38.8 Å². The Kier molecular flexibility index (Phi) is 9.89. The zero-order valence-electron chi connectivity index (χ0n) is 14.5. The highest BCUT2D eigenvalue weighted by molar-refractivity contribution is 5.69. The van der Waals surface area contributed by atoms with Gasteiger partial charge in [-0.05, 0) is 45.4 Å². The van der Waals surface area contributed by atoms with E-state index in [1.54, 1.807) is 0 Å². The average molecular weight is 308 g/mol. The van der Waals surface area contributed by atoms with E-state index in [0.29, 0.717) is 18.9 Å². The molecule has 1 heterocycles. The number of hydrogen-bond acceptors (Lipinski definition) is 3. The van der Waals surface area contributed by atoms with Gasteiger partial charge in [0.05, 0.1) is 6.61 Å². The molecule has 0 aromatic heterocycles. The van der Waals surface area contributed by atoms with Gasteiger partial charge in [-0.1, -0.05) is 43.6 Å². The second-order valence-electron chi connectivity index (χ2n) is 6.23. The van der Waals surface area contributed by atoms with Crippen molar-refractivity contribution in [2.24, 2.45) is 5.92 Å². The summed E-state index contributed by atoms with van der Waals surface area (Å²) in [4.78, 5) is 11.5. The number of rotatable bonds is 12. The van der Waals surface area contributed by atoms with Gasteiger partial charge in [-0.15, -0.1) is 0 Å². The molecule has 1 aliphatic rings. The molecule has 2 unspecified atom stereocenters. The minimum atomic E-state index is -0.0800. The van der Waals surface area contributed by atoms with Gasteiger partial charge >= 0.3 is 5.97 Å². The van der Waals surface area contributed by atoms with Crippen molar-refractivity contribution in [2.45, 2.75) is 71.8 Å². The summed E-state index contributed by atoms with van der Waals surface area (Å²) in [6.07, 6.45) is 14.1. The maximum Gasteiger partial charge on any atom is 0.305 e. The molecule has 3 nitrogen and oxygen atoms in total. The van der Waals surface area contributed by atoms with Crippen LogP contribution in [0, 0.1) is 5.92 Å². The molecule has 0 saturated carbocycles.